The third-order valence-electron chi connectivity index (χ3n) is 2.73. The summed E-state index contributed by atoms with van der Waals surface area (Å²) in [5.41, 5.74) is 2.79. The number of rotatable bonds is 2. The molecule has 0 amide bonds. The van der Waals surface area contributed by atoms with Crippen LogP contribution >= 0.6 is 11.6 Å². The molecule has 0 bridgehead atoms. The van der Waals surface area contributed by atoms with Crippen LogP contribution in [0.3, 0.4) is 0 Å². The first-order valence-corrected chi connectivity index (χ1v) is 5.94. The molecule has 0 saturated heterocycles. The Balaban J connectivity index is 2.07. The van der Waals surface area contributed by atoms with Crippen LogP contribution in [0.5, 0.6) is 0 Å². The van der Waals surface area contributed by atoms with E-state index in [4.69, 9.17) is 11.6 Å². The van der Waals surface area contributed by atoms with E-state index in [1.54, 1.807) is 22.8 Å². The number of nitrogens with one attached hydrogen (secondary N) is 1. The number of aromatic nitrogens is 3. The van der Waals surface area contributed by atoms with Crippen LogP contribution in [-0.2, 0) is 0 Å². The van der Waals surface area contributed by atoms with Gasteiger partial charge in [-0.2, -0.15) is 0 Å². The molecule has 0 aliphatic rings. The molecule has 18 heavy (non-hydrogen) atoms. The Morgan fingerprint density at radius 2 is 1.94 bits per heavy atom. The highest BCUT2D eigenvalue weighted by Gasteiger charge is 2.06. The smallest absolute Gasteiger partial charge is 0.182 e. The lowest BCUT2D eigenvalue weighted by molar-refractivity contribution is 0.966. The average Bonchev–Trinajstić information content (AvgIpc) is 2.81. The van der Waals surface area contributed by atoms with Crippen molar-refractivity contribution in [3.63, 3.8) is 0 Å². The number of anilines is 1. The molecule has 0 unspecified atom stereocenters. The largest absolute Gasteiger partial charge is 0.388 e. The highest BCUT2D eigenvalue weighted by Crippen LogP contribution is 2.19. The van der Waals surface area contributed by atoms with Crippen LogP contribution in [0.25, 0.3) is 17.0 Å². The normalized spacial score (nSPS) is 10.8. The van der Waals surface area contributed by atoms with E-state index < -0.39 is 0 Å². The highest BCUT2D eigenvalue weighted by atomic mass is 35.5. The summed E-state index contributed by atoms with van der Waals surface area (Å²) in [6.07, 6.45) is 1.80. The Hall–Kier alpha value is -2.07. The fourth-order valence-corrected chi connectivity index (χ4v) is 1.92. The summed E-state index contributed by atoms with van der Waals surface area (Å²) in [5, 5.41) is 8.14. The molecule has 0 fully saturated rings. The zero-order chi connectivity index (χ0) is 12.5. The molecule has 1 aromatic carbocycles. The van der Waals surface area contributed by atoms with Crippen molar-refractivity contribution >= 4 is 22.9 Å². The summed E-state index contributed by atoms with van der Waals surface area (Å²) >= 11 is 5.92. The maximum Gasteiger partial charge on any atom is 0.182 e. The van der Waals surface area contributed by atoms with Crippen LogP contribution in [0.2, 0.25) is 5.02 Å². The van der Waals surface area contributed by atoms with Crippen LogP contribution in [0.15, 0.2) is 42.6 Å². The van der Waals surface area contributed by atoms with E-state index in [1.165, 1.54) is 0 Å². The van der Waals surface area contributed by atoms with Crippen LogP contribution < -0.4 is 5.32 Å². The van der Waals surface area contributed by atoms with Crippen LogP contribution in [0.4, 0.5) is 5.69 Å². The third kappa shape index (κ3) is 1.91. The van der Waals surface area contributed by atoms with Gasteiger partial charge in [-0.05, 0) is 30.3 Å². The molecule has 4 nitrogen and oxygen atoms in total. The molecule has 0 spiro atoms. The topological polar surface area (TPSA) is 42.2 Å². The fraction of sp³-hybridized carbons (Fsp3) is 0.0769. The van der Waals surface area contributed by atoms with Gasteiger partial charge in [0.05, 0.1) is 0 Å². The van der Waals surface area contributed by atoms with Gasteiger partial charge in [-0.3, -0.25) is 0 Å². The van der Waals surface area contributed by atoms with Gasteiger partial charge in [0.1, 0.15) is 0 Å². The quantitative estimate of drug-likeness (QED) is 0.768. The van der Waals surface area contributed by atoms with Crippen molar-refractivity contribution < 1.29 is 0 Å². The minimum atomic E-state index is 0.659. The number of halogens is 1. The number of hydrogen-bond donors (Lipinski definition) is 1. The summed E-state index contributed by atoms with van der Waals surface area (Å²) in [6, 6.07) is 11.5. The van der Waals surface area contributed by atoms with Crippen molar-refractivity contribution in [2.75, 3.05) is 12.4 Å². The molecule has 2 aromatic heterocycles. The molecule has 0 atom stereocenters. The van der Waals surface area contributed by atoms with Crippen LogP contribution in [-0.4, -0.2) is 21.6 Å². The van der Waals surface area contributed by atoms with Gasteiger partial charge in [0.2, 0.25) is 0 Å². The van der Waals surface area contributed by atoms with Gasteiger partial charge in [-0.15, -0.1) is 5.10 Å². The SMILES string of the molecule is CNc1ccc(-c2nc3cc(Cl)ccn3n2)cc1. The van der Waals surface area contributed by atoms with Crippen LogP contribution in [0.1, 0.15) is 0 Å². The van der Waals surface area contributed by atoms with E-state index in [9.17, 15) is 0 Å². The van der Waals surface area contributed by atoms with Crippen molar-refractivity contribution in [1.82, 2.24) is 14.6 Å². The summed E-state index contributed by atoms with van der Waals surface area (Å²) < 4.78 is 1.72. The second-order valence-electron chi connectivity index (χ2n) is 3.91. The molecule has 0 aliphatic heterocycles. The average molecular weight is 259 g/mol. The van der Waals surface area contributed by atoms with Crippen molar-refractivity contribution in [3.8, 4) is 11.4 Å². The lowest BCUT2D eigenvalue weighted by Crippen LogP contribution is -1.88. The number of pyridine rings is 1. The van der Waals surface area contributed by atoms with Crippen molar-refractivity contribution in [1.29, 1.82) is 0 Å². The molecule has 0 aliphatic carbocycles. The summed E-state index contributed by atoms with van der Waals surface area (Å²) in [4.78, 5) is 4.45. The molecular weight excluding hydrogens is 248 g/mol. The third-order valence-corrected chi connectivity index (χ3v) is 2.97. The van der Waals surface area contributed by atoms with E-state index in [0.717, 1.165) is 16.9 Å². The molecule has 0 saturated carbocycles. The predicted molar refractivity (Wildman–Crippen MR) is 73.0 cm³/mol. The van der Waals surface area contributed by atoms with Gasteiger partial charge >= 0.3 is 0 Å². The molecule has 3 rings (SSSR count). The number of nitrogens with zero attached hydrogens (tertiary/aromatic N) is 3. The van der Waals surface area contributed by atoms with E-state index in [0.29, 0.717) is 10.8 Å². The van der Waals surface area contributed by atoms with Crippen molar-refractivity contribution in [2.24, 2.45) is 0 Å². The van der Waals surface area contributed by atoms with E-state index in [2.05, 4.69) is 15.4 Å². The molecule has 3 aromatic rings. The Morgan fingerprint density at radius 1 is 1.17 bits per heavy atom. The minimum absolute atomic E-state index is 0.659. The maximum absolute atomic E-state index is 5.92. The predicted octanol–water partition coefficient (Wildman–Crippen LogP) is 3.09. The first-order chi connectivity index (χ1) is 8.76. The maximum atomic E-state index is 5.92. The molecular formula is C13H11ClN4. The lowest BCUT2D eigenvalue weighted by atomic mass is 10.2. The molecule has 90 valence electrons. The number of fused-ring (bicyclic) bond motifs is 1. The Bertz CT molecular complexity index is 688. The Morgan fingerprint density at radius 3 is 2.67 bits per heavy atom. The summed E-state index contributed by atoms with van der Waals surface area (Å²) in [6.45, 7) is 0. The second kappa shape index (κ2) is 4.31. The minimum Gasteiger partial charge on any atom is -0.388 e. The van der Waals surface area contributed by atoms with Crippen LogP contribution in [0, 0.1) is 0 Å². The molecule has 2 heterocycles. The van der Waals surface area contributed by atoms with E-state index in [1.807, 2.05) is 31.3 Å². The van der Waals surface area contributed by atoms with Gasteiger partial charge in [0.15, 0.2) is 11.5 Å². The fourth-order valence-electron chi connectivity index (χ4n) is 1.76. The van der Waals surface area contributed by atoms with Crippen molar-refractivity contribution in [3.05, 3.63) is 47.6 Å². The monoisotopic (exact) mass is 258 g/mol. The van der Waals surface area contributed by atoms with Gasteiger partial charge in [-0.25, -0.2) is 9.50 Å². The summed E-state index contributed by atoms with van der Waals surface area (Å²) in [7, 11) is 1.89. The number of benzene rings is 1. The molecule has 5 heteroatoms. The standard InChI is InChI=1S/C13H11ClN4/c1-15-11-4-2-9(3-5-11)13-16-12-8-10(14)6-7-18(12)17-13/h2-8,15H,1H3. The van der Waals surface area contributed by atoms with Gasteiger partial charge in [0.25, 0.3) is 0 Å². The van der Waals surface area contributed by atoms with Crippen molar-refractivity contribution in [2.45, 2.75) is 0 Å². The summed E-state index contributed by atoms with van der Waals surface area (Å²) in [5.74, 6) is 0.694. The zero-order valence-corrected chi connectivity index (χ0v) is 10.5. The van der Waals surface area contributed by atoms with Gasteiger partial charge in [-0.1, -0.05) is 11.6 Å². The molecule has 1 N–H and O–H groups in total. The second-order valence-corrected chi connectivity index (χ2v) is 4.35. The first-order valence-electron chi connectivity index (χ1n) is 5.56. The Labute approximate surface area is 109 Å². The van der Waals surface area contributed by atoms with Gasteiger partial charge < -0.3 is 5.32 Å². The zero-order valence-electron chi connectivity index (χ0n) is 9.76. The van der Waals surface area contributed by atoms with E-state index in [-0.39, 0.29) is 0 Å². The lowest BCUT2D eigenvalue weighted by Gasteiger charge is -1.99. The molecule has 0 radical (unpaired) electrons. The highest BCUT2D eigenvalue weighted by molar-refractivity contribution is 6.30. The Kier molecular flexibility index (Phi) is 2.64. The number of hydrogen-bond acceptors (Lipinski definition) is 3. The first kappa shape index (κ1) is 11.0. The van der Waals surface area contributed by atoms with E-state index >= 15 is 0 Å². The van der Waals surface area contributed by atoms with Gasteiger partial charge in [0, 0.05) is 35.6 Å².